The van der Waals surface area contributed by atoms with Crippen molar-refractivity contribution in [3.63, 3.8) is 0 Å². The number of anilines is 3. The first-order valence-electron chi connectivity index (χ1n) is 15.3. The third kappa shape index (κ3) is 6.44. The summed E-state index contributed by atoms with van der Waals surface area (Å²) in [5.74, 6) is -0.248. The van der Waals surface area contributed by atoms with E-state index < -0.39 is 26.0 Å². The molecule has 46 heavy (non-hydrogen) atoms. The van der Waals surface area contributed by atoms with Crippen LogP contribution in [0.1, 0.15) is 37.8 Å². The molecule has 3 aromatic carbocycles. The molecule has 0 bridgehead atoms. The Labute approximate surface area is 271 Å². The van der Waals surface area contributed by atoms with Crippen LogP contribution in [-0.2, 0) is 31.3 Å². The molecule has 1 N–H and O–H groups in total. The van der Waals surface area contributed by atoms with Crippen molar-refractivity contribution in [2.75, 3.05) is 61.5 Å². The van der Waals surface area contributed by atoms with Crippen molar-refractivity contribution in [2.45, 2.75) is 42.9 Å². The second-order valence-corrected chi connectivity index (χ2v) is 14.8. The average molecular weight is 669 g/mol. The van der Waals surface area contributed by atoms with Gasteiger partial charge in [-0.05, 0) is 72.9 Å². The third-order valence-corrected chi connectivity index (χ3v) is 12.2. The fourth-order valence-electron chi connectivity index (χ4n) is 5.98. The summed E-state index contributed by atoms with van der Waals surface area (Å²) < 4.78 is 68.2. The van der Waals surface area contributed by atoms with Crippen LogP contribution in [0.3, 0.4) is 0 Å². The summed E-state index contributed by atoms with van der Waals surface area (Å²) in [7, 11) is -5.02. The van der Waals surface area contributed by atoms with Gasteiger partial charge >= 0.3 is 0 Å². The second kappa shape index (κ2) is 13.7. The van der Waals surface area contributed by atoms with Crippen LogP contribution in [0.4, 0.5) is 17.1 Å². The van der Waals surface area contributed by atoms with E-state index in [1.807, 2.05) is 12.1 Å². The van der Waals surface area contributed by atoms with Gasteiger partial charge in [-0.3, -0.25) is 9.10 Å². The Bertz CT molecular complexity index is 1850. The first-order chi connectivity index (χ1) is 22.0. The molecule has 0 atom stereocenters. The number of para-hydroxylation sites is 1. The van der Waals surface area contributed by atoms with Crippen molar-refractivity contribution in [1.29, 1.82) is 0 Å². The van der Waals surface area contributed by atoms with Crippen molar-refractivity contribution < 1.29 is 31.1 Å². The standard InChI is InChI=1S/C33H40N4O7S2/c1-5-36(6-2)45(39,40)26-14-15-29(35-18-9-10-19-35)27(23-26)34-32(38)16-13-24-21-30(43-3)33(44-4)31(22-24)46(41,42)37-20-17-25-11-7-8-12-28(25)37/h7-8,11-16,21-23H,5-6,9-10,17-20H2,1-4H3,(H,34,38). The van der Waals surface area contributed by atoms with E-state index in [2.05, 4.69) is 10.2 Å². The van der Waals surface area contributed by atoms with Gasteiger partial charge in [0.15, 0.2) is 11.5 Å². The molecule has 0 saturated carbocycles. The van der Waals surface area contributed by atoms with Crippen LogP contribution < -0.4 is 24.0 Å². The lowest BCUT2D eigenvalue weighted by atomic mass is 10.1. The summed E-state index contributed by atoms with van der Waals surface area (Å²) >= 11 is 0. The fraction of sp³-hybridized carbons (Fsp3) is 0.364. The zero-order valence-corrected chi connectivity index (χ0v) is 28.2. The smallest absolute Gasteiger partial charge is 0.268 e. The van der Waals surface area contributed by atoms with Gasteiger partial charge in [0, 0.05) is 38.8 Å². The molecule has 11 nitrogen and oxygen atoms in total. The molecular formula is C33H40N4O7S2. The number of hydrogen-bond donors (Lipinski definition) is 1. The van der Waals surface area contributed by atoms with Crippen LogP contribution in [0.2, 0.25) is 0 Å². The Kier molecular flexibility index (Phi) is 9.94. The number of rotatable bonds is 12. The number of ether oxygens (including phenoxy) is 2. The lowest BCUT2D eigenvalue weighted by Gasteiger charge is -2.24. The van der Waals surface area contributed by atoms with Crippen LogP contribution in [0.25, 0.3) is 6.08 Å². The molecular weight excluding hydrogens is 629 g/mol. The minimum absolute atomic E-state index is 0.0648. The van der Waals surface area contributed by atoms with Crippen molar-refractivity contribution in [2.24, 2.45) is 0 Å². The fourth-order valence-corrected chi connectivity index (χ4v) is 9.18. The van der Waals surface area contributed by atoms with Crippen LogP contribution >= 0.6 is 0 Å². The van der Waals surface area contributed by atoms with Gasteiger partial charge in [0.25, 0.3) is 10.0 Å². The third-order valence-electron chi connectivity index (χ3n) is 8.32. The second-order valence-electron chi connectivity index (χ2n) is 11.0. The van der Waals surface area contributed by atoms with Gasteiger partial charge < -0.3 is 19.7 Å². The van der Waals surface area contributed by atoms with Gasteiger partial charge in [0.1, 0.15) is 4.90 Å². The van der Waals surface area contributed by atoms with E-state index in [0.717, 1.165) is 37.2 Å². The van der Waals surface area contributed by atoms with Crippen LogP contribution in [-0.4, -0.2) is 74.0 Å². The summed E-state index contributed by atoms with van der Waals surface area (Å²) in [5.41, 5.74) is 3.07. The first-order valence-corrected chi connectivity index (χ1v) is 18.2. The molecule has 1 saturated heterocycles. The maximum Gasteiger partial charge on any atom is 0.268 e. The summed E-state index contributed by atoms with van der Waals surface area (Å²) in [6, 6.07) is 15.2. The summed E-state index contributed by atoms with van der Waals surface area (Å²) in [6.45, 7) is 6.09. The molecule has 0 aliphatic carbocycles. The number of carbonyl (C=O) groups excluding carboxylic acids is 1. The van der Waals surface area contributed by atoms with Crippen LogP contribution in [0.5, 0.6) is 11.5 Å². The molecule has 0 aromatic heterocycles. The van der Waals surface area contributed by atoms with Crippen molar-refractivity contribution in [3.05, 3.63) is 71.8 Å². The Morgan fingerprint density at radius 3 is 2.30 bits per heavy atom. The van der Waals surface area contributed by atoms with Crippen molar-refractivity contribution in [3.8, 4) is 11.5 Å². The average Bonchev–Trinajstić information content (AvgIpc) is 3.75. The molecule has 2 aliphatic heterocycles. The SMILES string of the molecule is CCN(CC)S(=O)(=O)c1ccc(N2CCCC2)c(NC(=O)C=Cc2cc(OC)c(OC)c(S(=O)(=O)N3CCc4ccccc43)c2)c1. The number of sulfonamides is 2. The monoisotopic (exact) mass is 668 g/mol. The molecule has 0 spiro atoms. The number of amides is 1. The maximum absolute atomic E-state index is 14.0. The molecule has 1 amide bonds. The van der Waals surface area contributed by atoms with Gasteiger partial charge in [-0.25, -0.2) is 16.8 Å². The number of benzene rings is 3. The maximum atomic E-state index is 14.0. The zero-order valence-electron chi connectivity index (χ0n) is 26.5. The molecule has 13 heteroatoms. The van der Waals surface area contributed by atoms with Gasteiger partial charge in [-0.2, -0.15) is 4.31 Å². The van der Waals surface area contributed by atoms with E-state index in [0.29, 0.717) is 36.4 Å². The highest BCUT2D eigenvalue weighted by atomic mass is 32.2. The molecule has 2 aliphatic rings. The van der Waals surface area contributed by atoms with Gasteiger partial charge in [0.05, 0.1) is 36.2 Å². The molecule has 246 valence electrons. The normalized spacial score (nSPS) is 15.1. The zero-order chi connectivity index (χ0) is 33.1. The van der Waals surface area contributed by atoms with Crippen LogP contribution in [0, 0.1) is 0 Å². The lowest BCUT2D eigenvalue weighted by Crippen LogP contribution is -2.31. The van der Waals surface area contributed by atoms with Crippen LogP contribution in [0.15, 0.2) is 70.5 Å². The molecule has 5 rings (SSSR count). The van der Waals surface area contributed by atoms with E-state index in [1.165, 1.54) is 47.1 Å². The van der Waals surface area contributed by atoms with Crippen molar-refractivity contribution >= 4 is 49.1 Å². The number of methoxy groups -OCH3 is 2. The largest absolute Gasteiger partial charge is 0.493 e. The van der Waals surface area contributed by atoms with E-state index in [4.69, 9.17) is 9.47 Å². The summed E-state index contributed by atoms with van der Waals surface area (Å²) in [5, 5.41) is 2.86. The quantitative estimate of drug-likeness (QED) is 0.275. The predicted molar refractivity (Wildman–Crippen MR) is 180 cm³/mol. The van der Waals surface area contributed by atoms with Crippen molar-refractivity contribution in [1.82, 2.24) is 4.31 Å². The van der Waals surface area contributed by atoms with E-state index in [1.54, 1.807) is 44.2 Å². The topological polar surface area (TPSA) is 126 Å². The Hall–Kier alpha value is -4.07. The van der Waals surface area contributed by atoms with E-state index >= 15 is 0 Å². The molecule has 2 heterocycles. The summed E-state index contributed by atoms with van der Waals surface area (Å²) in [4.78, 5) is 15.4. The minimum atomic E-state index is -4.06. The highest BCUT2D eigenvalue weighted by Crippen LogP contribution is 2.41. The molecule has 0 radical (unpaired) electrons. The number of nitrogens with one attached hydrogen (secondary N) is 1. The van der Waals surface area contributed by atoms with Gasteiger partial charge in [-0.1, -0.05) is 32.0 Å². The molecule has 0 unspecified atom stereocenters. The highest BCUT2D eigenvalue weighted by molar-refractivity contribution is 7.93. The minimum Gasteiger partial charge on any atom is -0.493 e. The van der Waals surface area contributed by atoms with Gasteiger partial charge in [0.2, 0.25) is 15.9 Å². The number of fused-ring (bicyclic) bond motifs is 1. The van der Waals surface area contributed by atoms with E-state index in [-0.39, 0.29) is 27.8 Å². The molecule has 3 aromatic rings. The van der Waals surface area contributed by atoms with E-state index in [9.17, 15) is 21.6 Å². The first kappa shape index (κ1) is 33.3. The molecule has 1 fully saturated rings. The number of hydrogen-bond acceptors (Lipinski definition) is 8. The predicted octanol–water partition coefficient (Wildman–Crippen LogP) is 4.74. The summed E-state index contributed by atoms with van der Waals surface area (Å²) in [6.07, 6.45) is 5.36. The Balaban J connectivity index is 1.47. The Morgan fingerprint density at radius 1 is 0.913 bits per heavy atom. The number of carbonyl (C=O) groups is 1. The lowest BCUT2D eigenvalue weighted by molar-refractivity contribution is -0.111. The van der Waals surface area contributed by atoms with Gasteiger partial charge in [-0.15, -0.1) is 0 Å². The number of nitrogens with zero attached hydrogens (tertiary/aromatic N) is 3. The highest BCUT2D eigenvalue weighted by Gasteiger charge is 2.34. The Morgan fingerprint density at radius 2 is 1.63 bits per heavy atom.